The number of phenols is 1. The van der Waals surface area contributed by atoms with E-state index in [2.05, 4.69) is 5.10 Å². The summed E-state index contributed by atoms with van der Waals surface area (Å²) in [4.78, 5) is 30.2. The van der Waals surface area contributed by atoms with E-state index in [1.807, 2.05) is 5.43 Å². The number of methoxy groups -OCH3 is 1. The van der Waals surface area contributed by atoms with Gasteiger partial charge in [0.25, 0.3) is 12.2 Å². The van der Waals surface area contributed by atoms with Crippen LogP contribution < -0.4 is 10.2 Å². The van der Waals surface area contributed by atoms with Gasteiger partial charge in [-0.2, -0.15) is 5.10 Å². The zero-order chi connectivity index (χ0) is 16.0. The normalized spacial score (nSPS) is 10.3. The lowest BCUT2D eigenvalue weighted by Gasteiger charge is -2.05. The smallest absolute Gasteiger partial charge is 0.311 e. The molecule has 1 rings (SSSR count). The molecule has 112 valence electrons. The number of rotatable bonds is 6. The van der Waals surface area contributed by atoms with Gasteiger partial charge in [0.05, 0.1) is 24.3 Å². The lowest BCUT2D eigenvalue weighted by Crippen LogP contribution is -2.25. The standard InChI is InChI=1S/C10H10N4O7/c1-21-8-3-7(14(19)20)2-6(10(8)16)4-11-12-9(15)5-13(17)18/h2-4,16H,5H2,1H3,(H,12,15)/b11-4+. The molecule has 0 spiro atoms. The minimum atomic E-state index is -0.979. The van der Waals surface area contributed by atoms with Crippen molar-refractivity contribution in [1.82, 2.24) is 5.43 Å². The Morgan fingerprint density at radius 3 is 2.67 bits per heavy atom. The summed E-state index contributed by atoms with van der Waals surface area (Å²) >= 11 is 0. The Hall–Kier alpha value is -3.24. The molecule has 0 bridgehead atoms. The number of aromatic hydroxyl groups is 1. The van der Waals surface area contributed by atoms with E-state index < -0.39 is 28.0 Å². The van der Waals surface area contributed by atoms with Gasteiger partial charge in [0.15, 0.2) is 11.5 Å². The molecule has 0 radical (unpaired) electrons. The predicted molar refractivity (Wildman–Crippen MR) is 68.9 cm³/mol. The highest BCUT2D eigenvalue weighted by molar-refractivity contribution is 5.87. The van der Waals surface area contributed by atoms with Crippen LogP contribution in [-0.2, 0) is 4.79 Å². The highest BCUT2D eigenvalue weighted by atomic mass is 16.6. The van der Waals surface area contributed by atoms with Crippen LogP contribution in [0.5, 0.6) is 11.5 Å². The van der Waals surface area contributed by atoms with Gasteiger partial charge >= 0.3 is 5.91 Å². The van der Waals surface area contributed by atoms with E-state index in [0.29, 0.717) is 0 Å². The number of nitro benzene ring substituents is 1. The van der Waals surface area contributed by atoms with Gasteiger partial charge in [-0.25, -0.2) is 5.43 Å². The van der Waals surface area contributed by atoms with E-state index in [1.54, 1.807) is 0 Å². The number of amides is 1. The molecule has 1 amide bonds. The largest absolute Gasteiger partial charge is 0.504 e. The molecule has 21 heavy (non-hydrogen) atoms. The monoisotopic (exact) mass is 298 g/mol. The molecule has 0 heterocycles. The first-order valence-corrected chi connectivity index (χ1v) is 5.34. The summed E-state index contributed by atoms with van der Waals surface area (Å²) in [6.45, 7) is -0.971. The van der Waals surface area contributed by atoms with Gasteiger partial charge < -0.3 is 9.84 Å². The van der Waals surface area contributed by atoms with E-state index in [-0.39, 0.29) is 17.0 Å². The van der Waals surface area contributed by atoms with Gasteiger partial charge in [0, 0.05) is 16.6 Å². The third-order valence-electron chi connectivity index (χ3n) is 2.19. The summed E-state index contributed by atoms with van der Waals surface area (Å²) in [5.74, 6) is -1.55. The number of carbonyl (C=O) groups is 1. The lowest BCUT2D eigenvalue weighted by atomic mass is 10.2. The number of nitrogens with zero attached hydrogens (tertiary/aromatic N) is 3. The van der Waals surface area contributed by atoms with Crippen LogP contribution in [0.25, 0.3) is 0 Å². The maximum atomic E-state index is 11.0. The number of hydrogen-bond donors (Lipinski definition) is 2. The fourth-order valence-electron chi connectivity index (χ4n) is 1.30. The molecule has 0 aliphatic heterocycles. The van der Waals surface area contributed by atoms with E-state index in [0.717, 1.165) is 18.3 Å². The number of non-ortho nitro benzene ring substituents is 1. The van der Waals surface area contributed by atoms with Gasteiger partial charge in [-0.15, -0.1) is 0 Å². The van der Waals surface area contributed by atoms with Gasteiger partial charge in [-0.3, -0.25) is 25.0 Å². The fourth-order valence-corrected chi connectivity index (χ4v) is 1.30. The lowest BCUT2D eigenvalue weighted by molar-refractivity contribution is -0.467. The molecule has 11 heteroatoms. The van der Waals surface area contributed by atoms with Crippen molar-refractivity contribution >= 4 is 17.8 Å². The predicted octanol–water partition coefficient (Wildman–Crippen LogP) is 0.0358. The Balaban J connectivity index is 2.96. The summed E-state index contributed by atoms with van der Waals surface area (Å²) in [7, 11) is 1.21. The Labute approximate surface area is 117 Å². The summed E-state index contributed by atoms with van der Waals surface area (Å²) < 4.78 is 4.76. The van der Waals surface area contributed by atoms with Gasteiger partial charge in [0.2, 0.25) is 0 Å². The summed E-state index contributed by atoms with van der Waals surface area (Å²) in [6, 6.07) is 2.01. The molecule has 0 aromatic heterocycles. The van der Waals surface area contributed by atoms with Crippen molar-refractivity contribution in [2.24, 2.45) is 5.10 Å². The van der Waals surface area contributed by atoms with Crippen LogP contribution in [0.4, 0.5) is 5.69 Å². The highest BCUT2D eigenvalue weighted by Gasteiger charge is 2.16. The van der Waals surface area contributed by atoms with Crippen molar-refractivity contribution in [2.45, 2.75) is 0 Å². The number of carbonyl (C=O) groups excluding carboxylic acids is 1. The first-order valence-electron chi connectivity index (χ1n) is 5.34. The molecule has 0 aliphatic carbocycles. The zero-order valence-corrected chi connectivity index (χ0v) is 10.7. The van der Waals surface area contributed by atoms with E-state index in [4.69, 9.17) is 4.74 Å². The molecule has 0 saturated heterocycles. The minimum Gasteiger partial charge on any atom is -0.504 e. The number of nitrogens with one attached hydrogen (secondary N) is 1. The number of ether oxygens (including phenoxy) is 1. The van der Waals surface area contributed by atoms with Crippen molar-refractivity contribution < 1.29 is 24.5 Å². The SMILES string of the molecule is COc1cc([N+](=O)[O-])cc(/C=N/NC(=O)C[N+](=O)[O-])c1O. The van der Waals surface area contributed by atoms with Crippen LogP contribution >= 0.6 is 0 Å². The first kappa shape index (κ1) is 15.8. The van der Waals surface area contributed by atoms with E-state index >= 15 is 0 Å². The minimum absolute atomic E-state index is 0.0950. The molecule has 0 fully saturated rings. The van der Waals surface area contributed by atoms with Crippen molar-refractivity contribution in [1.29, 1.82) is 0 Å². The molecule has 0 atom stereocenters. The Bertz CT molecular complexity index is 614. The second kappa shape index (κ2) is 6.79. The van der Waals surface area contributed by atoms with Crippen LogP contribution in [0.2, 0.25) is 0 Å². The summed E-state index contributed by atoms with van der Waals surface area (Å²) in [6.07, 6.45) is 0.905. The van der Waals surface area contributed by atoms with Gasteiger partial charge in [0.1, 0.15) is 0 Å². The summed E-state index contributed by atoms with van der Waals surface area (Å²) in [5, 5.41) is 33.9. The van der Waals surface area contributed by atoms with Crippen molar-refractivity contribution in [2.75, 3.05) is 13.7 Å². The Morgan fingerprint density at radius 2 is 2.14 bits per heavy atom. The quantitative estimate of drug-likeness (QED) is 0.426. The molecular weight excluding hydrogens is 288 g/mol. The molecule has 0 aliphatic rings. The zero-order valence-electron chi connectivity index (χ0n) is 10.7. The van der Waals surface area contributed by atoms with Crippen LogP contribution in [0, 0.1) is 20.2 Å². The molecule has 2 N–H and O–H groups in total. The molecule has 0 unspecified atom stereocenters. The third-order valence-corrected chi connectivity index (χ3v) is 2.19. The highest BCUT2D eigenvalue weighted by Crippen LogP contribution is 2.33. The second-order valence-electron chi connectivity index (χ2n) is 3.63. The Morgan fingerprint density at radius 1 is 1.48 bits per heavy atom. The van der Waals surface area contributed by atoms with Crippen molar-refractivity contribution in [3.05, 3.63) is 37.9 Å². The number of nitro groups is 2. The van der Waals surface area contributed by atoms with E-state index in [1.165, 1.54) is 7.11 Å². The van der Waals surface area contributed by atoms with Crippen molar-refractivity contribution in [3.8, 4) is 11.5 Å². The first-order chi connectivity index (χ1) is 9.85. The van der Waals surface area contributed by atoms with Crippen LogP contribution in [0.15, 0.2) is 17.2 Å². The third kappa shape index (κ3) is 4.41. The van der Waals surface area contributed by atoms with Crippen LogP contribution in [0.3, 0.4) is 0 Å². The topological polar surface area (TPSA) is 157 Å². The Kier molecular flexibility index (Phi) is 5.11. The molecule has 1 aromatic carbocycles. The average molecular weight is 298 g/mol. The number of hydrogen-bond acceptors (Lipinski definition) is 8. The molecular formula is C10H10N4O7. The van der Waals surface area contributed by atoms with Gasteiger partial charge in [-0.05, 0) is 0 Å². The summed E-state index contributed by atoms with van der Waals surface area (Å²) in [5.41, 5.74) is 1.39. The van der Waals surface area contributed by atoms with E-state index in [9.17, 15) is 30.1 Å². The number of hydrazone groups is 1. The van der Waals surface area contributed by atoms with Gasteiger partial charge in [-0.1, -0.05) is 0 Å². The average Bonchev–Trinajstić information content (AvgIpc) is 2.39. The number of phenolic OH excluding ortho intramolecular Hbond substituents is 1. The fraction of sp³-hybridized carbons (Fsp3) is 0.200. The molecule has 1 aromatic rings. The molecule has 11 nitrogen and oxygen atoms in total. The maximum absolute atomic E-state index is 11.0. The second-order valence-corrected chi connectivity index (χ2v) is 3.63. The van der Waals surface area contributed by atoms with Crippen LogP contribution in [0.1, 0.15) is 5.56 Å². The van der Waals surface area contributed by atoms with Crippen molar-refractivity contribution in [3.63, 3.8) is 0 Å². The van der Waals surface area contributed by atoms with Crippen LogP contribution in [-0.4, -0.2) is 40.7 Å². The molecule has 0 saturated carbocycles. The maximum Gasteiger partial charge on any atom is 0.311 e. The number of benzene rings is 1.